The summed E-state index contributed by atoms with van der Waals surface area (Å²) in [5.74, 6) is 0. The van der Waals surface area contributed by atoms with Crippen LogP contribution in [0, 0.1) is 0 Å². The van der Waals surface area contributed by atoms with Gasteiger partial charge in [0, 0.05) is 40.3 Å². The van der Waals surface area contributed by atoms with Gasteiger partial charge in [-0.25, -0.2) is 8.42 Å². The Kier molecular flexibility index (Phi) is 8.72. The second kappa shape index (κ2) is 11.0. The Hall–Kier alpha value is -1.32. The Bertz CT molecular complexity index is 1060. The van der Waals surface area contributed by atoms with Crippen molar-refractivity contribution in [2.45, 2.75) is 44.4 Å². The lowest BCUT2D eigenvalue weighted by molar-refractivity contribution is 0.153. The van der Waals surface area contributed by atoms with E-state index in [4.69, 9.17) is 23.2 Å². The summed E-state index contributed by atoms with van der Waals surface area (Å²) in [4.78, 5) is 4.75. The van der Waals surface area contributed by atoms with Crippen LogP contribution in [0.2, 0.25) is 10.0 Å². The van der Waals surface area contributed by atoms with Crippen molar-refractivity contribution >= 4 is 38.9 Å². The SMILES string of the molecule is CCc1nn(C)c(CC)c1N(C)S(=O)(=O)c1c(Cl)cc(CCCN2CCN(C)CC2)cc1Cl. The van der Waals surface area contributed by atoms with E-state index in [2.05, 4.69) is 21.9 Å². The van der Waals surface area contributed by atoms with Gasteiger partial charge >= 0.3 is 0 Å². The molecule has 0 bridgehead atoms. The molecule has 10 heteroatoms. The van der Waals surface area contributed by atoms with Gasteiger partial charge in [-0.1, -0.05) is 37.0 Å². The average molecular weight is 517 g/mol. The molecule has 2 aromatic rings. The molecule has 1 aromatic carbocycles. The van der Waals surface area contributed by atoms with Crippen LogP contribution in [0.4, 0.5) is 5.69 Å². The van der Waals surface area contributed by atoms with Crippen molar-refractivity contribution in [3.05, 3.63) is 39.1 Å². The van der Waals surface area contributed by atoms with E-state index >= 15 is 0 Å². The number of sulfonamides is 1. The van der Waals surface area contributed by atoms with E-state index in [0.717, 1.165) is 62.5 Å². The topological polar surface area (TPSA) is 61.7 Å². The Morgan fingerprint density at radius 1 is 1.03 bits per heavy atom. The van der Waals surface area contributed by atoms with Crippen LogP contribution in [0.15, 0.2) is 17.0 Å². The van der Waals surface area contributed by atoms with E-state index in [0.29, 0.717) is 18.5 Å². The molecule has 0 aliphatic carbocycles. The summed E-state index contributed by atoms with van der Waals surface area (Å²) in [5, 5.41) is 4.81. The van der Waals surface area contributed by atoms with E-state index < -0.39 is 10.0 Å². The zero-order chi connectivity index (χ0) is 24.3. The first-order valence-corrected chi connectivity index (χ1v) is 13.7. The number of hydrogen-bond donors (Lipinski definition) is 0. The molecule has 7 nitrogen and oxygen atoms in total. The fourth-order valence-corrected chi connectivity index (χ4v) is 6.90. The van der Waals surface area contributed by atoms with Crippen molar-refractivity contribution in [1.82, 2.24) is 19.6 Å². The van der Waals surface area contributed by atoms with Crippen LogP contribution in [0.3, 0.4) is 0 Å². The number of rotatable bonds is 9. The largest absolute Gasteiger partial charge is 0.304 e. The fourth-order valence-electron chi connectivity index (χ4n) is 4.45. The van der Waals surface area contributed by atoms with Crippen molar-refractivity contribution in [3.63, 3.8) is 0 Å². The second-order valence-electron chi connectivity index (χ2n) is 8.68. The average Bonchev–Trinajstić information content (AvgIpc) is 3.09. The molecular weight excluding hydrogens is 481 g/mol. The lowest BCUT2D eigenvalue weighted by atomic mass is 10.1. The zero-order valence-electron chi connectivity index (χ0n) is 20.2. The van der Waals surface area contributed by atoms with Gasteiger partial charge in [-0.2, -0.15) is 5.10 Å². The van der Waals surface area contributed by atoms with Crippen LogP contribution in [0.25, 0.3) is 0 Å². The van der Waals surface area contributed by atoms with Crippen molar-refractivity contribution < 1.29 is 8.42 Å². The van der Waals surface area contributed by atoms with E-state index in [1.807, 2.05) is 20.9 Å². The van der Waals surface area contributed by atoms with E-state index in [1.54, 1.807) is 23.9 Å². The third kappa shape index (κ3) is 5.68. The normalized spacial score (nSPS) is 15.8. The minimum atomic E-state index is -3.96. The van der Waals surface area contributed by atoms with Crippen molar-refractivity contribution in [1.29, 1.82) is 0 Å². The predicted molar refractivity (Wildman–Crippen MR) is 136 cm³/mol. The van der Waals surface area contributed by atoms with E-state index in [-0.39, 0.29) is 14.9 Å². The maximum absolute atomic E-state index is 13.6. The lowest BCUT2D eigenvalue weighted by Crippen LogP contribution is -2.44. The molecule has 1 fully saturated rings. The monoisotopic (exact) mass is 515 g/mol. The molecule has 0 spiro atoms. The van der Waals surface area contributed by atoms with Crippen LogP contribution < -0.4 is 4.31 Å². The molecule has 0 saturated carbocycles. The summed E-state index contributed by atoms with van der Waals surface area (Å²) in [5.41, 5.74) is 3.13. The van der Waals surface area contributed by atoms with Crippen molar-refractivity contribution in [2.24, 2.45) is 7.05 Å². The van der Waals surface area contributed by atoms with E-state index in [1.165, 1.54) is 4.31 Å². The molecule has 0 atom stereocenters. The second-order valence-corrected chi connectivity index (χ2v) is 11.4. The standard InChI is InChI=1S/C23H35Cl2N5O2S/c1-6-20-22(21(7-2)28(4)26-20)29(5)33(31,32)23-18(24)15-17(16-19(23)25)9-8-10-30-13-11-27(3)12-14-30/h15-16H,6-14H2,1-5H3. The molecule has 3 rings (SSSR count). The van der Waals surface area contributed by atoms with Crippen molar-refractivity contribution in [2.75, 3.05) is 51.1 Å². The van der Waals surface area contributed by atoms with Crippen LogP contribution in [0.5, 0.6) is 0 Å². The quantitative estimate of drug-likeness (QED) is 0.507. The molecule has 0 N–H and O–H groups in total. The number of aryl methyl sites for hydroxylation is 3. The van der Waals surface area contributed by atoms with Gasteiger partial charge < -0.3 is 9.80 Å². The van der Waals surface area contributed by atoms with Gasteiger partial charge in [-0.15, -0.1) is 0 Å². The fraction of sp³-hybridized carbons (Fsp3) is 0.609. The van der Waals surface area contributed by atoms with Gasteiger partial charge in [0.15, 0.2) is 0 Å². The summed E-state index contributed by atoms with van der Waals surface area (Å²) >= 11 is 13.0. The summed E-state index contributed by atoms with van der Waals surface area (Å²) in [6.07, 6.45) is 3.05. The molecule has 0 amide bonds. The van der Waals surface area contributed by atoms with Crippen LogP contribution in [-0.2, 0) is 36.3 Å². The van der Waals surface area contributed by atoms with Gasteiger partial charge in [0.1, 0.15) is 4.90 Å². The smallest absolute Gasteiger partial charge is 0.267 e. The molecule has 2 heterocycles. The first-order chi connectivity index (χ1) is 15.6. The number of nitrogens with zero attached hydrogens (tertiary/aromatic N) is 5. The number of likely N-dealkylation sites (N-methyl/N-ethyl adjacent to an activating group) is 1. The molecule has 0 unspecified atom stereocenters. The minimum Gasteiger partial charge on any atom is -0.304 e. The zero-order valence-corrected chi connectivity index (χ0v) is 22.6. The van der Waals surface area contributed by atoms with Gasteiger partial charge in [0.2, 0.25) is 0 Å². The van der Waals surface area contributed by atoms with Crippen LogP contribution >= 0.6 is 23.2 Å². The number of aromatic nitrogens is 2. The number of benzene rings is 1. The molecule has 1 aromatic heterocycles. The number of hydrogen-bond acceptors (Lipinski definition) is 5. The molecule has 1 saturated heterocycles. The molecule has 1 aliphatic heterocycles. The molecular formula is C23H35Cl2N5O2S. The number of piperazine rings is 1. The van der Waals surface area contributed by atoms with Crippen LogP contribution in [-0.4, -0.2) is 74.8 Å². The maximum Gasteiger partial charge on any atom is 0.267 e. The third-order valence-corrected chi connectivity index (χ3v) is 9.08. The van der Waals surface area contributed by atoms with E-state index in [9.17, 15) is 8.42 Å². The summed E-state index contributed by atoms with van der Waals surface area (Å²) in [6, 6.07) is 3.48. The molecule has 184 valence electrons. The highest BCUT2D eigenvalue weighted by Crippen LogP contribution is 2.37. The highest BCUT2D eigenvalue weighted by molar-refractivity contribution is 7.93. The first-order valence-electron chi connectivity index (χ1n) is 11.5. The number of anilines is 1. The first kappa shape index (κ1) is 26.3. The summed E-state index contributed by atoms with van der Waals surface area (Å²) in [7, 11) is 1.56. The van der Waals surface area contributed by atoms with Gasteiger partial charge in [-0.3, -0.25) is 8.99 Å². The van der Waals surface area contributed by atoms with Gasteiger partial charge in [0.05, 0.1) is 27.1 Å². The van der Waals surface area contributed by atoms with Gasteiger partial charge in [0.25, 0.3) is 10.0 Å². The predicted octanol–water partition coefficient (Wildman–Crippen LogP) is 3.86. The van der Waals surface area contributed by atoms with Crippen LogP contribution in [0.1, 0.15) is 37.2 Å². The highest BCUT2D eigenvalue weighted by atomic mass is 35.5. The lowest BCUT2D eigenvalue weighted by Gasteiger charge is -2.32. The van der Waals surface area contributed by atoms with Crippen molar-refractivity contribution in [3.8, 4) is 0 Å². The Morgan fingerprint density at radius 2 is 1.64 bits per heavy atom. The minimum absolute atomic E-state index is 0.0517. The number of halogens is 2. The Morgan fingerprint density at radius 3 is 2.18 bits per heavy atom. The Balaban J connectivity index is 1.80. The Labute approximate surface area is 208 Å². The maximum atomic E-state index is 13.6. The molecule has 33 heavy (non-hydrogen) atoms. The molecule has 0 radical (unpaired) electrons. The summed E-state index contributed by atoms with van der Waals surface area (Å²) < 4.78 is 30.2. The summed E-state index contributed by atoms with van der Waals surface area (Å²) in [6.45, 7) is 9.29. The highest BCUT2D eigenvalue weighted by Gasteiger charge is 2.31. The molecule has 1 aliphatic rings. The van der Waals surface area contributed by atoms with Gasteiger partial charge in [-0.05, 0) is 57.0 Å². The third-order valence-electron chi connectivity index (χ3n) is 6.40.